The van der Waals surface area contributed by atoms with Gasteiger partial charge in [0.2, 0.25) is 0 Å². The van der Waals surface area contributed by atoms with Crippen molar-refractivity contribution in [3.05, 3.63) is 0 Å². The second-order valence-electron chi connectivity index (χ2n) is 2.39. The van der Waals surface area contributed by atoms with Gasteiger partial charge in [0.25, 0.3) is 0 Å². The Morgan fingerprint density at radius 3 is 1.53 bits per heavy atom. The van der Waals surface area contributed by atoms with Crippen LogP contribution in [0, 0.1) is 0 Å². The molecular formula is C6H15ClO8P2. The Morgan fingerprint density at radius 1 is 1.00 bits per heavy atom. The molecule has 0 amide bonds. The quantitative estimate of drug-likeness (QED) is 0.731. The number of aliphatic hydroxyl groups is 1. The van der Waals surface area contributed by atoms with Gasteiger partial charge in [-0.05, 0) is 0 Å². The van der Waals surface area contributed by atoms with Crippen molar-refractivity contribution in [2.24, 2.45) is 0 Å². The van der Waals surface area contributed by atoms with Crippen LogP contribution in [0.1, 0.15) is 0 Å². The van der Waals surface area contributed by atoms with Crippen molar-refractivity contribution < 1.29 is 36.9 Å². The van der Waals surface area contributed by atoms with E-state index in [-0.39, 0.29) is 0 Å². The first-order chi connectivity index (χ1) is 7.97. The predicted molar refractivity (Wildman–Crippen MR) is 60.0 cm³/mol. The summed E-state index contributed by atoms with van der Waals surface area (Å²) >= 11 is 5.08. The van der Waals surface area contributed by atoms with E-state index in [9.17, 15) is 9.13 Å². The SMILES string of the molecule is CO.COP1(=O)OCCO1.O=P1(Cl)OCCO1. The van der Waals surface area contributed by atoms with E-state index in [4.69, 9.17) is 16.3 Å². The predicted octanol–water partition coefficient (Wildman–Crippen LogP) is 1.78. The fourth-order valence-corrected chi connectivity index (χ4v) is 2.73. The molecule has 0 aliphatic carbocycles. The highest BCUT2D eigenvalue weighted by atomic mass is 35.7. The fraction of sp³-hybridized carbons (Fsp3) is 1.00. The molecule has 2 fully saturated rings. The molecule has 0 radical (unpaired) electrons. The van der Waals surface area contributed by atoms with Gasteiger partial charge in [-0.2, -0.15) is 0 Å². The van der Waals surface area contributed by atoms with Gasteiger partial charge in [-0.1, -0.05) is 0 Å². The Balaban J connectivity index is 0.000000265. The van der Waals surface area contributed by atoms with Crippen molar-refractivity contribution in [3.8, 4) is 0 Å². The van der Waals surface area contributed by atoms with E-state index in [1.165, 1.54) is 7.11 Å². The van der Waals surface area contributed by atoms with E-state index in [1.807, 2.05) is 0 Å². The summed E-state index contributed by atoms with van der Waals surface area (Å²) in [6.07, 6.45) is 0. The number of halogens is 1. The first-order valence-electron chi connectivity index (χ1n) is 4.46. The highest BCUT2D eigenvalue weighted by Crippen LogP contribution is 2.56. The van der Waals surface area contributed by atoms with Crippen LogP contribution in [0.25, 0.3) is 0 Å². The third-order valence-electron chi connectivity index (χ3n) is 1.38. The number of hydrogen-bond donors (Lipinski definition) is 1. The molecule has 2 rings (SSSR count). The first-order valence-corrected chi connectivity index (χ1v) is 8.37. The van der Waals surface area contributed by atoms with Gasteiger partial charge in [0.15, 0.2) is 0 Å². The van der Waals surface area contributed by atoms with Crippen LogP contribution in [-0.2, 0) is 31.7 Å². The van der Waals surface area contributed by atoms with E-state index in [0.717, 1.165) is 7.11 Å². The maximum Gasteiger partial charge on any atom is 0.474 e. The van der Waals surface area contributed by atoms with Gasteiger partial charge in [-0.25, -0.2) is 9.13 Å². The minimum Gasteiger partial charge on any atom is -0.400 e. The Kier molecular flexibility index (Phi) is 8.84. The van der Waals surface area contributed by atoms with E-state index in [2.05, 4.69) is 22.6 Å². The van der Waals surface area contributed by atoms with Gasteiger partial charge in [0.05, 0.1) is 26.4 Å². The van der Waals surface area contributed by atoms with Crippen LogP contribution in [0.3, 0.4) is 0 Å². The van der Waals surface area contributed by atoms with Crippen LogP contribution < -0.4 is 0 Å². The number of phosphoric ester groups is 1. The van der Waals surface area contributed by atoms with Crippen molar-refractivity contribution in [1.29, 1.82) is 0 Å². The lowest BCUT2D eigenvalue weighted by Crippen LogP contribution is -1.81. The maximum absolute atomic E-state index is 10.7. The Bertz CT molecular complexity index is 278. The molecular weight excluding hydrogens is 297 g/mol. The van der Waals surface area contributed by atoms with Crippen LogP contribution in [0.15, 0.2) is 0 Å². The minimum absolute atomic E-state index is 0.348. The van der Waals surface area contributed by atoms with Crippen molar-refractivity contribution in [1.82, 2.24) is 0 Å². The summed E-state index contributed by atoms with van der Waals surface area (Å²) in [4.78, 5) is 0. The normalized spacial score (nSPS) is 24.2. The van der Waals surface area contributed by atoms with Gasteiger partial charge >= 0.3 is 14.8 Å². The van der Waals surface area contributed by atoms with Gasteiger partial charge in [0, 0.05) is 25.5 Å². The zero-order chi connectivity index (χ0) is 13.4. The zero-order valence-electron chi connectivity index (χ0n) is 9.41. The van der Waals surface area contributed by atoms with Gasteiger partial charge < -0.3 is 5.11 Å². The van der Waals surface area contributed by atoms with E-state index < -0.39 is 14.8 Å². The number of rotatable bonds is 1. The van der Waals surface area contributed by atoms with Crippen LogP contribution in [0.5, 0.6) is 0 Å². The van der Waals surface area contributed by atoms with E-state index in [1.54, 1.807) is 0 Å². The third kappa shape index (κ3) is 7.51. The van der Waals surface area contributed by atoms with E-state index >= 15 is 0 Å². The monoisotopic (exact) mass is 312 g/mol. The van der Waals surface area contributed by atoms with Crippen molar-refractivity contribution in [2.75, 3.05) is 40.6 Å². The molecule has 0 spiro atoms. The number of hydrogen-bond acceptors (Lipinski definition) is 8. The number of aliphatic hydroxyl groups excluding tert-OH is 1. The molecule has 0 atom stereocenters. The second kappa shape index (κ2) is 8.58. The lowest BCUT2D eigenvalue weighted by molar-refractivity contribution is 0.226. The Labute approximate surface area is 104 Å². The Hall–Kier alpha value is 0.510. The van der Waals surface area contributed by atoms with Crippen molar-refractivity contribution in [3.63, 3.8) is 0 Å². The summed E-state index contributed by atoms with van der Waals surface area (Å²) in [6, 6.07) is 0. The van der Waals surface area contributed by atoms with Crippen LogP contribution >= 0.6 is 26.0 Å². The largest absolute Gasteiger partial charge is 0.474 e. The lowest BCUT2D eigenvalue weighted by Gasteiger charge is -2.02. The molecule has 2 aliphatic rings. The van der Waals surface area contributed by atoms with E-state index in [0.29, 0.717) is 26.4 Å². The summed E-state index contributed by atoms with van der Waals surface area (Å²) in [7, 11) is -0.753. The molecule has 2 heterocycles. The second-order valence-corrected chi connectivity index (χ2v) is 6.79. The summed E-state index contributed by atoms with van der Waals surface area (Å²) < 4.78 is 43.5. The maximum atomic E-state index is 10.7. The molecule has 2 saturated heterocycles. The molecule has 17 heavy (non-hydrogen) atoms. The molecule has 11 heteroatoms. The molecule has 8 nitrogen and oxygen atoms in total. The summed E-state index contributed by atoms with van der Waals surface area (Å²) in [5.74, 6) is 0. The Morgan fingerprint density at radius 2 is 1.35 bits per heavy atom. The first kappa shape index (κ1) is 17.5. The third-order valence-corrected chi connectivity index (χ3v) is 4.39. The molecule has 0 unspecified atom stereocenters. The minimum atomic E-state index is -3.07. The van der Waals surface area contributed by atoms with Crippen LogP contribution in [0.4, 0.5) is 0 Å². The molecule has 0 aromatic carbocycles. The molecule has 2 aliphatic heterocycles. The lowest BCUT2D eigenvalue weighted by atomic mass is 10.8. The highest BCUT2D eigenvalue weighted by Gasteiger charge is 2.29. The van der Waals surface area contributed by atoms with Gasteiger partial charge in [-0.15, -0.1) is 0 Å². The standard InChI is InChI=1S/C3H7O4P.C2H4ClO3P.CH4O/c1-5-8(4)6-2-3-7-8;3-7(4)5-1-2-6-7;1-2/h2-3H2,1H3;1-2H2;2H,1H3. The van der Waals surface area contributed by atoms with Gasteiger partial charge in [0.1, 0.15) is 0 Å². The van der Waals surface area contributed by atoms with Crippen molar-refractivity contribution >= 4 is 26.0 Å². The van der Waals surface area contributed by atoms with Crippen LogP contribution in [0.2, 0.25) is 0 Å². The average molecular weight is 313 g/mol. The molecule has 1 N–H and O–H groups in total. The molecule has 0 aromatic heterocycles. The summed E-state index contributed by atoms with van der Waals surface area (Å²) in [6.45, 7) is -1.64. The van der Waals surface area contributed by atoms with Crippen molar-refractivity contribution in [2.45, 2.75) is 0 Å². The fourth-order valence-electron chi connectivity index (χ4n) is 0.771. The smallest absolute Gasteiger partial charge is 0.400 e. The van der Waals surface area contributed by atoms with Gasteiger partial charge in [-0.3, -0.25) is 22.6 Å². The number of phosphoric acid groups is 1. The molecule has 0 saturated carbocycles. The highest BCUT2D eigenvalue weighted by molar-refractivity contribution is 7.81. The molecule has 104 valence electrons. The molecule has 0 aromatic rings. The summed E-state index contributed by atoms with van der Waals surface area (Å²) in [5, 5.41) is 7.00. The topological polar surface area (TPSA) is 101 Å². The average Bonchev–Trinajstić information content (AvgIpc) is 2.92. The molecule has 0 bridgehead atoms. The zero-order valence-corrected chi connectivity index (χ0v) is 12.0. The summed E-state index contributed by atoms with van der Waals surface area (Å²) in [5.41, 5.74) is 0. The van der Waals surface area contributed by atoms with Crippen LogP contribution in [-0.4, -0.2) is 45.8 Å².